The van der Waals surface area contributed by atoms with E-state index in [9.17, 15) is 0 Å². The first-order valence-electron chi connectivity index (χ1n) is 8.30. The Kier molecular flexibility index (Phi) is 6.52. The van der Waals surface area contributed by atoms with Gasteiger partial charge in [-0.2, -0.15) is 0 Å². The maximum Gasteiger partial charge on any atom is 0.123 e. The van der Waals surface area contributed by atoms with E-state index in [0.29, 0.717) is 0 Å². The summed E-state index contributed by atoms with van der Waals surface area (Å²) in [6.45, 7) is 8.51. The number of para-hydroxylation sites is 1. The zero-order chi connectivity index (χ0) is 15.1. The van der Waals surface area contributed by atoms with E-state index in [4.69, 9.17) is 4.74 Å². The van der Waals surface area contributed by atoms with Crippen LogP contribution in [0.1, 0.15) is 38.7 Å². The van der Waals surface area contributed by atoms with Crippen LogP contribution in [0.15, 0.2) is 24.3 Å². The van der Waals surface area contributed by atoms with Gasteiger partial charge >= 0.3 is 0 Å². The molecule has 3 heteroatoms. The van der Waals surface area contributed by atoms with E-state index in [1.807, 2.05) is 13.1 Å². The summed E-state index contributed by atoms with van der Waals surface area (Å²) in [5.41, 5.74) is 1.24. The topological polar surface area (TPSA) is 24.5 Å². The summed E-state index contributed by atoms with van der Waals surface area (Å²) in [6.07, 6.45) is 4.02. The molecule has 0 spiro atoms. The standard InChI is InChI=1S/C18H30N2O/c1-15(2)10-11-20(17-8-9-17)12-13-21-18-7-5-4-6-16(18)14-19-3/h4-7,15,17,19H,8-14H2,1-3H3. The summed E-state index contributed by atoms with van der Waals surface area (Å²) in [5, 5.41) is 3.19. The second-order valence-electron chi connectivity index (χ2n) is 6.44. The van der Waals surface area contributed by atoms with Crippen LogP contribution >= 0.6 is 0 Å². The SMILES string of the molecule is CNCc1ccccc1OCCN(CCC(C)C)C1CC1. The fourth-order valence-electron chi connectivity index (χ4n) is 2.59. The molecule has 0 heterocycles. The lowest BCUT2D eigenvalue weighted by Crippen LogP contribution is -2.32. The highest BCUT2D eigenvalue weighted by Gasteiger charge is 2.28. The molecule has 118 valence electrons. The van der Waals surface area contributed by atoms with Gasteiger partial charge in [-0.1, -0.05) is 32.0 Å². The second-order valence-corrected chi connectivity index (χ2v) is 6.44. The molecule has 0 radical (unpaired) electrons. The molecule has 1 aliphatic rings. The Bertz CT molecular complexity index is 415. The zero-order valence-electron chi connectivity index (χ0n) is 13.8. The van der Waals surface area contributed by atoms with Crippen LogP contribution in [0.4, 0.5) is 0 Å². The van der Waals surface area contributed by atoms with Crippen molar-refractivity contribution >= 4 is 0 Å². The molecule has 1 aliphatic carbocycles. The van der Waals surface area contributed by atoms with E-state index in [2.05, 4.69) is 42.3 Å². The number of benzene rings is 1. The third kappa shape index (κ3) is 5.68. The van der Waals surface area contributed by atoms with Crippen molar-refractivity contribution in [2.45, 2.75) is 45.7 Å². The largest absolute Gasteiger partial charge is 0.492 e. The molecule has 0 aromatic heterocycles. The van der Waals surface area contributed by atoms with Gasteiger partial charge in [0.2, 0.25) is 0 Å². The third-order valence-corrected chi connectivity index (χ3v) is 4.03. The average Bonchev–Trinajstić information content (AvgIpc) is 3.29. The summed E-state index contributed by atoms with van der Waals surface area (Å²) >= 11 is 0. The molecule has 1 N–H and O–H groups in total. The van der Waals surface area contributed by atoms with Crippen LogP contribution in [0.3, 0.4) is 0 Å². The molecule has 0 atom stereocenters. The minimum Gasteiger partial charge on any atom is -0.492 e. The van der Waals surface area contributed by atoms with Gasteiger partial charge in [-0.15, -0.1) is 0 Å². The van der Waals surface area contributed by atoms with Gasteiger partial charge in [0.25, 0.3) is 0 Å². The van der Waals surface area contributed by atoms with Crippen molar-refractivity contribution in [3.05, 3.63) is 29.8 Å². The van der Waals surface area contributed by atoms with E-state index >= 15 is 0 Å². The number of ether oxygens (including phenoxy) is 1. The molecular formula is C18H30N2O. The third-order valence-electron chi connectivity index (χ3n) is 4.03. The Labute approximate surface area is 129 Å². The highest BCUT2D eigenvalue weighted by atomic mass is 16.5. The summed E-state index contributed by atoms with van der Waals surface area (Å²) in [4.78, 5) is 2.61. The van der Waals surface area contributed by atoms with Crippen LogP contribution < -0.4 is 10.1 Å². The molecule has 1 aromatic carbocycles. The minimum atomic E-state index is 0.781. The summed E-state index contributed by atoms with van der Waals surface area (Å²) < 4.78 is 6.02. The van der Waals surface area contributed by atoms with Gasteiger partial charge in [-0.25, -0.2) is 0 Å². The smallest absolute Gasteiger partial charge is 0.123 e. The van der Waals surface area contributed by atoms with Crippen molar-refractivity contribution < 1.29 is 4.74 Å². The van der Waals surface area contributed by atoms with Crippen molar-refractivity contribution in [2.75, 3.05) is 26.7 Å². The van der Waals surface area contributed by atoms with E-state index in [1.54, 1.807) is 0 Å². The van der Waals surface area contributed by atoms with Crippen molar-refractivity contribution in [3.63, 3.8) is 0 Å². The molecule has 0 bridgehead atoms. The highest BCUT2D eigenvalue weighted by Crippen LogP contribution is 2.27. The maximum atomic E-state index is 6.02. The molecule has 0 unspecified atom stereocenters. The molecule has 3 nitrogen and oxygen atoms in total. The molecule has 21 heavy (non-hydrogen) atoms. The normalized spacial score (nSPS) is 14.9. The lowest BCUT2D eigenvalue weighted by molar-refractivity contribution is 0.193. The van der Waals surface area contributed by atoms with E-state index in [1.165, 1.54) is 31.4 Å². The fraction of sp³-hybridized carbons (Fsp3) is 0.667. The van der Waals surface area contributed by atoms with Gasteiger partial charge in [-0.3, -0.25) is 4.90 Å². The van der Waals surface area contributed by atoms with Crippen LogP contribution in [0, 0.1) is 5.92 Å². The van der Waals surface area contributed by atoms with E-state index in [0.717, 1.165) is 37.4 Å². The van der Waals surface area contributed by atoms with Crippen LogP contribution in [0.25, 0.3) is 0 Å². The zero-order valence-corrected chi connectivity index (χ0v) is 13.8. The van der Waals surface area contributed by atoms with Crippen LogP contribution in [-0.4, -0.2) is 37.7 Å². The lowest BCUT2D eigenvalue weighted by Gasteiger charge is -2.23. The first kappa shape index (κ1) is 16.3. The molecule has 0 amide bonds. The monoisotopic (exact) mass is 290 g/mol. The van der Waals surface area contributed by atoms with Crippen LogP contribution in [0.2, 0.25) is 0 Å². The minimum absolute atomic E-state index is 0.781. The summed E-state index contributed by atoms with van der Waals surface area (Å²) in [5.74, 6) is 1.80. The van der Waals surface area contributed by atoms with Gasteiger partial charge in [0.05, 0.1) is 0 Å². The van der Waals surface area contributed by atoms with Crippen LogP contribution in [0.5, 0.6) is 5.75 Å². The molecule has 0 aliphatic heterocycles. The Morgan fingerprint density at radius 2 is 2.00 bits per heavy atom. The molecule has 1 saturated carbocycles. The van der Waals surface area contributed by atoms with Gasteiger partial charge in [0, 0.05) is 24.7 Å². The van der Waals surface area contributed by atoms with Crippen molar-refractivity contribution in [1.29, 1.82) is 0 Å². The number of hydrogen-bond acceptors (Lipinski definition) is 3. The maximum absolute atomic E-state index is 6.02. The predicted octanol–water partition coefficient (Wildman–Crippen LogP) is 3.30. The molecule has 1 aromatic rings. The summed E-state index contributed by atoms with van der Waals surface area (Å²) in [6, 6.07) is 9.13. The lowest BCUT2D eigenvalue weighted by atomic mass is 10.1. The molecule has 1 fully saturated rings. The van der Waals surface area contributed by atoms with Crippen molar-refractivity contribution in [2.24, 2.45) is 5.92 Å². The summed E-state index contributed by atoms with van der Waals surface area (Å²) in [7, 11) is 1.97. The van der Waals surface area contributed by atoms with Crippen LogP contribution in [-0.2, 0) is 6.54 Å². The Balaban J connectivity index is 1.79. The van der Waals surface area contributed by atoms with Gasteiger partial charge in [0.1, 0.15) is 12.4 Å². The fourth-order valence-corrected chi connectivity index (χ4v) is 2.59. The van der Waals surface area contributed by atoms with Gasteiger partial charge in [0.15, 0.2) is 0 Å². The molecule has 0 saturated heterocycles. The highest BCUT2D eigenvalue weighted by molar-refractivity contribution is 5.33. The molecular weight excluding hydrogens is 260 g/mol. The second kappa shape index (κ2) is 8.40. The Morgan fingerprint density at radius 1 is 1.24 bits per heavy atom. The first-order valence-corrected chi connectivity index (χ1v) is 8.30. The Hall–Kier alpha value is -1.06. The Morgan fingerprint density at radius 3 is 2.67 bits per heavy atom. The van der Waals surface area contributed by atoms with Gasteiger partial charge in [-0.05, 0) is 44.8 Å². The quantitative estimate of drug-likeness (QED) is 0.715. The number of nitrogens with zero attached hydrogens (tertiary/aromatic N) is 1. The predicted molar refractivity (Wildman–Crippen MR) is 88.8 cm³/mol. The average molecular weight is 290 g/mol. The van der Waals surface area contributed by atoms with Crippen molar-refractivity contribution in [3.8, 4) is 5.75 Å². The first-order chi connectivity index (χ1) is 10.2. The number of hydrogen-bond donors (Lipinski definition) is 1. The molecule has 2 rings (SSSR count). The van der Waals surface area contributed by atoms with E-state index < -0.39 is 0 Å². The van der Waals surface area contributed by atoms with Crippen molar-refractivity contribution in [1.82, 2.24) is 10.2 Å². The number of rotatable bonds is 10. The number of nitrogens with one attached hydrogen (secondary N) is 1. The van der Waals surface area contributed by atoms with Gasteiger partial charge < -0.3 is 10.1 Å². The van der Waals surface area contributed by atoms with E-state index in [-0.39, 0.29) is 0 Å².